The number of carbonyl (C=O) groups excluding carboxylic acids is 3. The largest absolute Gasteiger partial charge is 0.462 e. The molecule has 0 aliphatic carbocycles. The molecule has 1 saturated heterocycles. The molecule has 1 N–H and O–H groups in total. The average molecular weight is 395 g/mol. The van der Waals surface area contributed by atoms with Gasteiger partial charge in [-0.15, -0.1) is 0 Å². The lowest BCUT2D eigenvalue weighted by Crippen LogP contribution is -2.50. The van der Waals surface area contributed by atoms with Gasteiger partial charge in [0, 0.05) is 37.4 Å². The van der Waals surface area contributed by atoms with Crippen molar-refractivity contribution in [3.05, 3.63) is 65.7 Å². The van der Waals surface area contributed by atoms with Crippen molar-refractivity contribution in [1.29, 1.82) is 0 Å². The maximum Gasteiger partial charge on any atom is 0.338 e. The number of nitrogens with zero attached hydrogens (tertiary/aromatic N) is 2. The highest BCUT2D eigenvalue weighted by Gasteiger charge is 2.23. The summed E-state index contributed by atoms with van der Waals surface area (Å²) in [6.07, 6.45) is 0. The Kier molecular flexibility index (Phi) is 6.97. The number of anilines is 1. The Morgan fingerprint density at radius 3 is 2.17 bits per heavy atom. The molecule has 1 aliphatic rings. The standard InChI is InChI=1S/C22H25N3O4/c1-2-29-22(28)18-8-10-19(11-9-18)23-20(26)16-24-12-14-25(15-13-24)21(27)17-6-4-3-5-7-17/h3-11H,2,12-16H2,1H3,(H,23,26). The van der Waals surface area contributed by atoms with E-state index in [1.165, 1.54) is 0 Å². The van der Waals surface area contributed by atoms with E-state index in [0.717, 1.165) is 0 Å². The maximum atomic E-state index is 12.5. The number of rotatable bonds is 6. The fraction of sp³-hybridized carbons (Fsp3) is 0.318. The molecule has 7 heteroatoms. The average Bonchev–Trinajstić information content (AvgIpc) is 2.75. The van der Waals surface area contributed by atoms with Gasteiger partial charge in [-0.25, -0.2) is 4.79 Å². The summed E-state index contributed by atoms with van der Waals surface area (Å²) in [6, 6.07) is 15.8. The lowest BCUT2D eigenvalue weighted by atomic mass is 10.2. The number of hydrogen-bond acceptors (Lipinski definition) is 5. The first-order valence-corrected chi connectivity index (χ1v) is 9.70. The summed E-state index contributed by atoms with van der Waals surface area (Å²) in [6.45, 7) is 4.81. The van der Waals surface area contributed by atoms with Crippen LogP contribution in [0.3, 0.4) is 0 Å². The van der Waals surface area contributed by atoms with Crippen LogP contribution >= 0.6 is 0 Å². The SMILES string of the molecule is CCOC(=O)c1ccc(NC(=O)CN2CCN(C(=O)c3ccccc3)CC2)cc1. The summed E-state index contributed by atoms with van der Waals surface area (Å²) in [5.74, 6) is -0.485. The molecular formula is C22H25N3O4. The fourth-order valence-electron chi connectivity index (χ4n) is 3.18. The van der Waals surface area contributed by atoms with Crippen molar-refractivity contribution in [1.82, 2.24) is 9.80 Å². The minimum atomic E-state index is -0.381. The summed E-state index contributed by atoms with van der Waals surface area (Å²) in [5, 5.41) is 2.83. The van der Waals surface area contributed by atoms with Crippen LogP contribution in [-0.2, 0) is 9.53 Å². The van der Waals surface area contributed by atoms with E-state index in [9.17, 15) is 14.4 Å². The summed E-state index contributed by atoms with van der Waals surface area (Å²) in [4.78, 5) is 40.3. The van der Waals surface area contributed by atoms with Crippen LogP contribution in [0.1, 0.15) is 27.6 Å². The Hall–Kier alpha value is -3.19. The molecule has 0 spiro atoms. The Labute approximate surface area is 170 Å². The van der Waals surface area contributed by atoms with E-state index in [2.05, 4.69) is 5.32 Å². The zero-order valence-corrected chi connectivity index (χ0v) is 16.5. The predicted octanol–water partition coefficient (Wildman–Crippen LogP) is 2.26. The van der Waals surface area contributed by atoms with Gasteiger partial charge < -0.3 is 15.0 Å². The summed E-state index contributed by atoms with van der Waals surface area (Å²) in [5.41, 5.74) is 1.76. The first-order chi connectivity index (χ1) is 14.1. The summed E-state index contributed by atoms with van der Waals surface area (Å²) < 4.78 is 4.94. The van der Waals surface area contributed by atoms with Gasteiger partial charge in [0.1, 0.15) is 0 Å². The van der Waals surface area contributed by atoms with E-state index in [4.69, 9.17) is 4.74 Å². The van der Waals surface area contributed by atoms with Crippen molar-refractivity contribution in [2.24, 2.45) is 0 Å². The lowest BCUT2D eigenvalue weighted by molar-refractivity contribution is -0.117. The van der Waals surface area contributed by atoms with E-state index >= 15 is 0 Å². The zero-order valence-electron chi connectivity index (χ0n) is 16.5. The number of benzene rings is 2. The number of amides is 2. The molecule has 0 bridgehead atoms. The minimum absolute atomic E-state index is 0.0244. The Balaban J connectivity index is 1.45. The molecule has 0 atom stereocenters. The van der Waals surface area contributed by atoms with Gasteiger partial charge in [-0.05, 0) is 43.3 Å². The highest BCUT2D eigenvalue weighted by molar-refractivity contribution is 5.95. The van der Waals surface area contributed by atoms with Gasteiger partial charge in [-0.3, -0.25) is 14.5 Å². The topological polar surface area (TPSA) is 79.0 Å². The molecule has 2 aromatic carbocycles. The summed E-state index contributed by atoms with van der Waals surface area (Å²) in [7, 11) is 0. The van der Waals surface area contributed by atoms with Crippen molar-refractivity contribution in [3.8, 4) is 0 Å². The molecule has 0 aromatic heterocycles. The molecule has 1 fully saturated rings. The second-order valence-corrected chi connectivity index (χ2v) is 6.78. The summed E-state index contributed by atoms with van der Waals surface area (Å²) >= 11 is 0. The Morgan fingerprint density at radius 2 is 1.55 bits per heavy atom. The van der Waals surface area contributed by atoms with Crippen LogP contribution in [0.15, 0.2) is 54.6 Å². The van der Waals surface area contributed by atoms with Crippen molar-refractivity contribution in [2.45, 2.75) is 6.92 Å². The quantitative estimate of drug-likeness (QED) is 0.759. The third-order valence-corrected chi connectivity index (χ3v) is 4.73. The fourth-order valence-corrected chi connectivity index (χ4v) is 3.18. The Morgan fingerprint density at radius 1 is 0.897 bits per heavy atom. The van der Waals surface area contributed by atoms with Gasteiger partial charge >= 0.3 is 5.97 Å². The van der Waals surface area contributed by atoms with E-state index in [0.29, 0.717) is 49.6 Å². The van der Waals surface area contributed by atoms with Gasteiger partial charge in [0.2, 0.25) is 5.91 Å². The van der Waals surface area contributed by atoms with Crippen molar-refractivity contribution >= 4 is 23.5 Å². The first-order valence-electron chi connectivity index (χ1n) is 9.70. The first kappa shape index (κ1) is 20.5. The van der Waals surface area contributed by atoms with E-state index < -0.39 is 0 Å². The zero-order chi connectivity index (χ0) is 20.6. The van der Waals surface area contributed by atoms with Gasteiger partial charge in [0.15, 0.2) is 0 Å². The van der Waals surface area contributed by atoms with Crippen LogP contribution in [0.25, 0.3) is 0 Å². The van der Waals surface area contributed by atoms with Crippen LogP contribution in [0.5, 0.6) is 0 Å². The molecular weight excluding hydrogens is 370 g/mol. The molecule has 0 radical (unpaired) electrons. The van der Waals surface area contributed by atoms with Gasteiger partial charge in [-0.1, -0.05) is 18.2 Å². The smallest absolute Gasteiger partial charge is 0.338 e. The molecule has 29 heavy (non-hydrogen) atoms. The molecule has 0 unspecified atom stereocenters. The van der Waals surface area contributed by atoms with Crippen LogP contribution in [0.2, 0.25) is 0 Å². The number of hydrogen-bond donors (Lipinski definition) is 1. The van der Waals surface area contributed by atoms with E-state index in [1.807, 2.05) is 40.1 Å². The van der Waals surface area contributed by atoms with Crippen LogP contribution in [0.4, 0.5) is 5.69 Å². The molecule has 2 aromatic rings. The molecule has 152 valence electrons. The molecule has 1 heterocycles. The number of carbonyl (C=O) groups is 3. The van der Waals surface area contributed by atoms with Gasteiger partial charge in [0.25, 0.3) is 5.91 Å². The third-order valence-electron chi connectivity index (χ3n) is 4.73. The van der Waals surface area contributed by atoms with Crippen LogP contribution in [-0.4, -0.2) is 66.9 Å². The number of nitrogens with one attached hydrogen (secondary N) is 1. The van der Waals surface area contributed by atoms with Crippen LogP contribution < -0.4 is 5.32 Å². The predicted molar refractivity (Wildman–Crippen MR) is 110 cm³/mol. The monoisotopic (exact) mass is 395 g/mol. The van der Waals surface area contributed by atoms with Gasteiger partial charge in [-0.2, -0.15) is 0 Å². The number of esters is 1. The molecule has 0 saturated carbocycles. The second kappa shape index (κ2) is 9.84. The van der Waals surface area contributed by atoms with Crippen molar-refractivity contribution in [3.63, 3.8) is 0 Å². The van der Waals surface area contributed by atoms with Crippen molar-refractivity contribution in [2.75, 3.05) is 44.6 Å². The minimum Gasteiger partial charge on any atom is -0.462 e. The molecule has 3 rings (SSSR count). The highest BCUT2D eigenvalue weighted by Crippen LogP contribution is 2.12. The van der Waals surface area contributed by atoms with E-state index in [1.54, 1.807) is 31.2 Å². The highest BCUT2D eigenvalue weighted by atomic mass is 16.5. The molecule has 2 amide bonds. The maximum absolute atomic E-state index is 12.5. The van der Waals surface area contributed by atoms with Gasteiger partial charge in [0.05, 0.1) is 18.7 Å². The third kappa shape index (κ3) is 5.65. The normalized spacial score (nSPS) is 14.3. The molecule has 1 aliphatic heterocycles. The molecule has 7 nitrogen and oxygen atoms in total. The second-order valence-electron chi connectivity index (χ2n) is 6.78. The number of piperazine rings is 1. The lowest BCUT2D eigenvalue weighted by Gasteiger charge is -2.34. The number of ether oxygens (including phenoxy) is 1. The van der Waals surface area contributed by atoms with Crippen LogP contribution in [0, 0.1) is 0 Å². The van der Waals surface area contributed by atoms with Crippen molar-refractivity contribution < 1.29 is 19.1 Å². The Bertz CT molecular complexity index is 844. The van der Waals surface area contributed by atoms with E-state index in [-0.39, 0.29) is 24.3 Å².